The normalized spacial score (nSPS) is 24.4. The van der Waals surface area contributed by atoms with Crippen LogP contribution in [0.3, 0.4) is 0 Å². The second kappa shape index (κ2) is 6.33. The summed E-state index contributed by atoms with van der Waals surface area (Å²) in [6, 6.07) is 11.2. The van der Waals surface area contributed by atoms with Gasteiger partial charge < -0.3 is 14.8 Å². The monoisotopic (exact) mass is 259 g/mol. The van der Waals surface area contributed by atoms with Crippen molar-refractivity contribution in [3.05, 3.63) is 42.0 Å². The van der Waals surface area contributed by atoms with Crippen molar-refractivity contribution in [1.82, 2.24) is 5.32 Å². The number of hydrogen-bond acceptors (Lipinski definition) is 3. The van der Waals surface area contributed by atoms with Crippen LogP contribution in [0, 0.1) is 0 Å². The molecule has 102 valence electrons. The van der Waals surface area contributed by atoms with E-state index in [4.69, 9.17) is 9.47 Å². The molecule has 1 atom stereocenters. The Kier molecular flexibility index (Phi) is 4.28. The largest absolute Gasteiger partial charge is 0.350 e. The number of hydrogen-bond donors (Lipinski definition) is 1. The van der Waals surface area contributed by atoms with Crippen molar-refractivity contribution in [2.24, 2.45) is 0 Å². The van der Waals surface area contributed by atoms with Gasteiger partial charge in [-0.2, -0.15) is 0 Å². The Morgan fingerprint density at radius 1 is 1.05 bits per heavy atom. The van der Waals surface area contributed by atoms with Gasteiger partial charge >= 0.3 is 0 Å². The third kappa shape index (κ3) is 3.44. The van der Waals surface area contributed by atoms with Gasteiger partial charge in [-0.25, -0.2) is 0 Å². The lowest BCUT2D eigenvalue weighted by atomic mass is 9.93. The standard InChI is InChI=1S/C16H21NO2/c1-2-4-13(5-3-1)14-8-9-17-15(12-14)6-7-16-18-10-11-19-16/h1-5,8,15-17H,6-7,9-12H2/t15-/m0/s1. The molecule has 1 saturated heterocycles. The second-order valence-electron chi connectivity index (χ2n) is 5.15. The molecule has 0 unspecified atom stereocenters. The highest BCUT2D eigenvalue weighted by atomic mass is 16.7. The summed E-state index contributed by atoms with van der Waals surface area (Å²) in [6.45, 7) is 2.46. The fraction of sp³-hybridized carbons (Fsp3) is 0.500. The maximum atomic E-state index is 5.49. The van der Waals surface area contributed by atoms with Gasteiger partial charge in [-0.15, -0.1) is 0 Å². The van der Waals surface area contributed by atoms with Crippen LogP contribution in [-0.2, 0) is 9.47 Å². The number of nitrogens with one attached hydrogen (secondary N) is 1. The van der Waals surface area contributed by atoms with E-state index >= 15 is 0 Å². The van der Waals surface area contributed by atoms with Crippen LogP contribution >= 0.6 is 0 Å². The molecule has 2 heterocycles. The van der Waals surface area contributed by atoms with Crippen molar-refractivity contribution < 1.29 is 9.47 Å². The van der Waals surface area contributed by atoms with Crippen LogP contribution in [0.25, 0.3) is 5.57 Å². The molecule has 2 aliphatic heterocycles. The Labute approximate surface area is 114 Å². The molecule has 0 saturated carbocycles. The molecule has 2 aliphatic rings. The lowest BCUT2D eigenvalue weighted by molar-refractivity contribution is -0.0490. The van der Waals surface area contributed by atoms with Crippen LogP contribution in [0.5, 0.6) is 0 Å². The van der Waals surface area contributed by atoms with Crippen molar-refractivity contribution in [3.8, 4) is 0 Å². The molecule has 0 radical (unpaired) electrons. The molecule has 0 amide bonds. The molecule has 1 N–H and O–H groups in total. The Balaban J connectivity index is 1.54. The predicted octanol–water partition coefficient (Wildman–Crippen LogP) is 2.58. The lowest BCUT2D eigenvalue weighted by Crippen LogP contribution is -2.33. The first-order chi connectivity index (χ1) is 9.42. The van der Waals surface area contributed by atoms with E-state index in [1.807, 2.05) is 0 Å². The molecule has 3 nitrogen and oxygen atoms in total. The molecule has 3 rings (SSSR count). The maximum Gasteiger partial charge on any atom is 0.157 e. The highest BCUT2D eigenvalue weighted by molar-refractivity contribution is 5.66. The van der Waals surface area contributed by atoms with Crippen LogP contribution in [-0.4, -0.2) is 32.1 Å². The summed E-state index contributed by atoms with van der Waals surface area (Å²) in [5.41, 5.74) is 2.81. The highest BCUT2D eigenvalue weighted by Crippen LogP contribution is 2.24. The molecule has 1 aromatic rings. The molecule has 1 aromatic carbocycles. The van der Waals surface area contributed by atoms with E-state index in [1.54, 1.807) is 0 Å². The van der Waals surface area contributed by atoms with Gasteiger partial charge in [-0.1, -0.05) is 36.4 Å². The Morgan fingerprint density at radius 2 is 1.84 bits per heavy atom. The molecular weight excluding hydrogens is 238 g/mol. The number of rotatable bonds is 4. The van der Waals surface area contributed by atoms with Gasteiger partial charge in [0.25, 0.3) is 0 Å². The zero-order chi connectivity index (χ0) is 12.9. The van der Waals surface area contributed by atoms with E-state index in [0.29, 0.717) is 6.04 Å². The predicted molar refractivity (Wildman–Crippen MR) is 75.8 cm³/mol. The van der Waals surface area contributed by atoms with E-state index < -0.39 is 0 Å². The zero-order valence-electron chi connectivity index (χ0n) is 11.2. The molecule has 19 heavy (non-hydrogen) atoms. The minimum Gasteiger partial charge on any atom is -0.350 e. The summed E-state index contributed by atoms with van der Waals surface area (Å²) in [4.78, 5) is 0. The summed E-state index contributed by atoms with van der Waals surface area (Å²) in [6.07, 6.45) is 5.51. The van der Waals surface area contributed by atoms with Crippen molar-refractivity contribution in [3.63, 3.8) is 0 Å². The Morgan fingerprint density at radius 3 is 2.63 bits per heavy atom. The first kappa shape index (κ1) is 12.9. The summed E-state index contributed by atoms with van der Waals surface area (Å²) in [5.74, 6) is 0. The first-order valence-electron chi connectivity index (χ1n) is 7.13. The molecule has 0 aliphatic carbocycles. The fourth-order valence-corrected chi connectivity index (χ4v) is 2.77. The van der Waals surface area contributed by atoms with Gasteiger partial charge in [0.15, 0.2) is 6.29 Å². The van der Waals surface area contributed by atoms with E-state index in [1.165, 1.54) is 11.1 Å². The van der Waals surface area contributed by atoms with E-state index in [2.05, 4.69) is 41.7 Å². The molecule has 0 spiro atoms. The fourth-order valence-electron chi connectivity index (χ4n) is 2.77. The smallest absolute Gasteiger partial charge is 0.157 e. The van der Waals surface area contributed by atoms with Gasteiger partial charge in [-0.05, 0) is 30.4 Å². The van der Waals surface area contributed by atoms with Crippen LogP contribution in [0.2, 0.25) is 0 Å². The maximum absolute atomic E-state index is 5.49. The average molecular weight is 259 g/mol. The van der Waals surface area contributed by atoms with Gasteiger partial charge in [-0.3, -0.25) is 0 Å². The van der Waals surface area contributed by atoms with Crippen molar-refractivity contribution in [2.45, 2.75) is 31.6 Å². The molecule has 1 fully saturated rings. The van der Waals surface area contributed by atoms with Crippen LogP contribution in [0.4, 0.5) is 0 Å². The molecular formula is C16H21NO2. The SMILES string of the molecule is C1=C(c2ccccc2)C[C@H](CCC2OCCO2)NC1. The van der Waals surface area contributed by atoms with Crippen molar-refractivity contribution in [1.29, 1.82) is 0 Å². The van der Waals surface area contributed by atoms with Crippen LogP contribution < -0.4 is 5.32 Å². The average Bonchev–Trinajstić information content (AvgIpc) is 3.00. The molecule has 0 aromatic heterocycles. The van der Waals surface area contributed by atoms with Crippen LogP contribution in [0.15, 0.2) is 36.4 Å². The number of benzene rings is 1. The van der Waals surface area contributed by atoms with Crippen LogP contribution in [0.1, 0.15) is 24.8 Å². The van der Waals surface area contributed by atoms with Crippen molar-refractivity contribution >= 4 is 5.57 Å². The summed E-state index contributed by atoms with van der Waals surface area (Å²) < 4.78 is 11.0. The topological polar surface area (TPSA) is 30.5 Å². The van der Waals surface area contributed by atoms with Crippen molar-refractivity contribution in [2.75, 3.05) is 19.8 Å². The number of ether oxygens (including phenoxy) is 2. The summed E-state index contributed by atoms with van der Waals surface area (Å²) in [7, 11) is 0. The van der Waals surface area contributed by atoms with Gasteiger partial charge in [0.1, 0.15) is 0 Å². The third-order valence-corrected chi connectivity index (χ3v) is 3.81. The zero-order valence-corrected chi connectivity index (χ0v) is 11.2. The van der Waals surface area contributed by atoms with Gasteiger partial charge in [0.05, 0.1) is 13.2 Å². The Hall–Kier alpha value is -1.16. The first-order valence-corrected chi connectivity index (χ1v) is 7.13. The quantitative estimate of drug-likeness (QED) is 0.901. The van der Waals surface area contributed by atoms with E-state index in [0.717, 1.165) is 39.0 Å². The highest BCUT2D eigenvalue weighted by Gasteiger charge is 2.20. The Bertz CT molecular complexity index is 424. The summed E-state index contributed by atoms with van der Waals surface area (Å²) in [5, 5.41) is 3.56. The van der Waals surface area contributed by atoms with Gasteiger partial charge in [0, 0.05) is 12.6 Å². The van der Waals surface area contributed by atoms with E-state index in [9.17, 15) is 0 Å². The summed E-state index contributed by atoms with van der Waals surface area (Å²) >= 11 is 0. The third-order valence-electron chi connectivity index (χ3n) is 3.81. The minimum atomic E-state index is 0.0212. The second-order valence-corrected chi connectivity index (χ2v) is 5.15. The van der Waals surface area contributed by atoms with Gasteiger partial charge in [0.2, 0.25) is 0 Å². The molecule has 3 heteroatoms. The molecule has 0 bridgehead atoms. The lowest BCUT2D eigenvalue weighted by Gasteiger charge is -2.25. The van der Waals surface area contributed by atoms with E-state index in [-0.39, 0.29) is 6.29 Å². The minimum absolute atomic E-state index is 0.0212.